The van der Waals surface area contributed by atoms with Crippen molar-refractivity contribution in [2.45, 2.75) is 0 Å². The number of halogens is 1. The molecule has 0 atom stereocenters. The molecule has 0 aliphatic carbocycles. The number of nitrogens with zero attached hydrogens (tertiary/aromatic N) is 2. The molecule has 2 heterocycles. The number of aromatic amines is 1. The number of H-pyrrole nitrogens is 1. The zero-order valence-electron chi connectivity index (χ0n) is 8.81. The SMILES string of the molecule is N/C=C(N)\N=C(/N)c1c[nH]c2ncc(F)cc12. The minimum atomic E-state index is -0.450. The topological polar surface area (TPSA) is 119 Å². The lowest BCUT2D eigenvalue weighted by Crippen LogP contribution is -2.15. The highest BCUT2D eigenvalue weighted by Crippen LogP contribution is 2.17. The average molecular weight is 234 g/mol. The first kappa shape index (κ1) is 10.9. The fourth-order valence-electron chi connectivity index (χ4n) is 1.43. The van der Waals surface area contributed by atoms with Crippen molar-refractivity contribution in [1.82, 2.24) is 9.97 Å². The van der Waals surface area contributed by atoms with E-state index in [2.05, 4.69) is 15.0 Å². The highest BCUT2D eigenvalue weighted by Gasteiger charge is 2.09. The lowest BCUT2D eigenvalue weighted by atomic mass is 10.2. The van der Waals surface area contributed by atoms with Crippen LogP contribution in [0.15, 0.2) is 35.5 Å². The van der Waals surface area contributed by atoms with Crippen LogP contribution in [-0.2, 0) is 0 Å². The summed E-state index contributed by atoms with van der Waals surface area (Å²) in [5.74, 6) is -0.224. The molecule has 0 bridgehead atoms. The molecule has 6 nitrogen and oxygen atoms in total. The Bertz CT molecular complexity index is 612. The van der Waals surface area contributed by atoms with Gasteiger partial charge in [-0.15, -0.1) is 0 Å². The van der Waals surface area contributed by atoms with E-state index in [1.807, 2.05) is 0 Å². The predicted molar refractivity (Wildman–Crippen MR) is 63.2 cm³/mol. The van der Waals surface area contributed by atoms with E-state index in [9.17, 15) is 4.39 Å². The van der Waals surface area contributed by atoms with Crippen LogP contribution in [0, 0.1) is 5.82 Å². The smallest absolute Gasteiger partial charge is 0.142 e. The zero-order chi connectivity index (χ0) is 12.4. The van der Waals surface area contributed by atoms with Crippen molar-refractivity contribution >= 4 is 16.9 Å². The van der Waals surface area contributed by atoms with Crippen LogP contribution in [0.2, 0.25) is 0 Å². The van der Waals surface area contributed by atoms with Gasteiger partial charge in [0, 0.05) is 23.3 Å². The quantitative estimate of drug-likeness (QED) is 0.436. The van der Waals surface area contributed by atoms with Crippen LogP contribution < -0.4 is 17.2 Å². The summed E-state index contributed by atoms with van der Waals surface area (Å²) in [5, 5.41) is 0.538. The molecule has 0 saturated heterocycles. The normalized spacial score (nSPS) is 13.2. The number of fused-ring (bicyclic) bond motifs is 1. The van der Waals surface area contributed by atoms with Crippen molar-refractivity contribution in [2.24, 2.45) is 22.2 Å². The van der Waals surface area contributed by atoms with Crippen LogP contribution in [0.4, 0.5) is 4.39 Å². The molecular formula is C10H11FN6. The Morgan fingerprint density at radius 1 is 1.47 bits per heavy atom. The van der Waals surface area contributed by atoms with Gasteiger partial charge < -0.3 is 22.2 Å². The van der Waals surface area contributed by atoms with Crippen LogP contribution >= 0.6 is 0 Å². The molecule has 2 aromatic heterocycles. The number of nitrogens with one attached hydrogen (secondary N) is 1. The summed E-state index contributed by atoms with van der Waals surface area (Å²) in [6.07, 6.45) is 3.82. The van der Waals surface area contributed by atoms with E-state index in [0.717, 1.165) is 12.4 Å². The molecule has 0 saturated carbocycles. The van der Waals surface area contributed by atoms with Gasteiger partial charge in [0.2, 0.25) is 0 Å². The molecule has 0 unspecified atom stereocenters. The molecule has 0 fully saturated rings. The summed E-state index contributed by atoms with van der Waals surface area (Å²) >= 11 is 0. The summed E-state index contributed by atoms with van der Waals surface area (Å²) in [4.78, 5) is 10.6. The third-order valence-electron chi connectivity index (χ3n) is 2.19. The van der Waals surface area contributed by atoms with Gasteiger partial charge in [-0.1, -0.05) is 0 Å². The van der Waals surface area contributed by atoms with E-state index in [1.165, 1.54) is 6.07 Å². The average Bonchev–Trinajstić information content (AvgIpc) is 2.71. The summed E-state index contributed by atoms with van der Waals surface area (Å²) in [7, 11) is 0. The first-order chi connectivity index (χ1) is 8.11. The minimum absolute atomic E-state index is 0.0845. The van der Waals surface area contributed by atoms with Crippen LogP contribution in [0.3, 0.4) is 0 Å². The van der Waals surface area contributed by atoms with E-state index in [1.54, 1.807) is 6.20 Å². The zero-order valence-corrected chi connectivity index (χ0v) is 8.81. The number of aromatic nitrogens is 2. The lowest BCUT2D eigenvalue weighted by Gasteiger charge is -1.98. The predicted octanol–water partition coefficient (Wildman–Crippen LogP) is 0.124. The summed E-state index contributed by atoms with van der Waals surface area (Å²) in [6.45, 7) is 0. The summed E-state index contributed by atoms with van der Waals surface area (Å²) in [6, 6.07) is 1.32. The van der Waals surface area contributed by atoms with E-state index >= 15 is 0 Å². The first-order valence-corrected chi connectivity index (χ1v) is 4.76. The van der Waals surface area contributed by atoms with Crippen LogP contribution in [0.5, 0.6) is 0 Å². The van der Waals surface area contributed by atoms with Gasteiger partial charge in [-0.3, -0.25) is 0 Å². The first-order valence-electron chi connectivity index (χ1n) is 4.76. The van der Waals surface area contributed by atoms with Crippen molar-refractivity contribution in [3.8, 4) is 0 Å². The van der Waals surface area contributed by atoms with Crippen LogP contribution in [0.1, 0.15) is 5.56 Å². The molecule has 0 aromatic carbocycles. The fourth-order valence-corrected chi connectivity index (χ4v) is 1.43. The molecule has 7 heteroatoms. The number of aliphatic imine (C=N–C) groups is 1. The number of rotatable bonds is 2. The number of hydrogen-bond donors (Lipinski definition) is 4. The van der Waals surface area contributed by atoms with Gasteiger partial charge in [0.25, 0.3) is 0 Å². The van der Waals surface area contributed by atoms with E-state index < -0.39 is 5.82 Å². The summed E-state index contributed by atoms with van der Waals surface area (Å²) in [5.41, 5.74) is 17.4. The van der Waals surface area contributed by atoms with Crippen molar-refractivity contribution < 1.29 is 4.39 Å². The van der Waals surface area contributed by atoms with Crippen molar-refractivity contribution in [2.75, 3.05) is 0 Å². The maximum absolute atomic E-state index is 13.1. The van der Waals surface area contributed by atoms with E-state index in [4.69, 9.17) is 17.2 Å². The van der Waals surface area contributed by atoms with Gasteiger partial charge >= 0.3 is 0 Å². The lowest BCUT2D eigenvalue weighted by molar-refractivity contribution is 0.624. The van der Waals surface area contributed by atoms with Gasteiger partial charge in [-0.05, 0) is 6.07 Å². The molecular weight excluding hydrogens is 223 g/mol. The van der Waals surface area contributed by atoms with E-state index in [0.29, 0.717) is 16.6 Å². The van der Waals surface area contributed by atoms with Crippen LogP contribution in [0.25, 0.3) is 11.0 Å². The van der Waals surface area contributed by atoms with Gasteiger partial charge in [0.05, 0.1) is 6.20 Å². The van der Waals surface area contributed by atoms with Crippen LogP contribution in [-0.4, -0.2) is 15.8 Å². The molecule has 2 aromatic rings. The molecule has 0 radical (unpaired) electrons. The Hall–Kier alpha value is -2.57. The minimum Gasteiger partial charge on any atom is -0.402 e. The molecule has 0 spiro atoms. The molecule has 0 amide bonds. The molecule has 2 rings (SSSR count). The number of amidine groups is 1. The third kappa shape index (κ3) is 2.03. The monoisotopic (exact) mass is 234 g/mol. The second kappa shape index (κ2) is 4.12. The Balaban J connectivity index is 2.56. The molecule has 0 aliphatic rings. The third-order valence-corrected chi connectivity index (χ3v) is 2.19. The standard InChI is InChI=1S/C10H11FN6/c11-5-1-6-7(4-16-10(6)15-3-5)9(14)17-8(13)2-12/h1-4H,12-13H2,(H2,14,17)(H,15,16)/b8-2-. The Kier molecular flexibility index (Phi) is 2.65. The Morgan fingerprint density at radius 2 is 2.24 bits per heavy atom. The van der Waals surface area contributed by atoms with Gasteiger partial charge in [-0.25, -0.2) is 14.4 Å². The highest BCUT2D eigenvalue weighted by molar-refractivity contribution is 6.08. The summed E-state index contributed by atoms with van der Waals surface area (Å²) < 4.78 is 13.1. The Labute approximate surface area is 96.0 Å². The number of hydrogen-bond acceptors (Lipinski definition) is 4. The van der Waals surface area contributed by atoms with E-state index in [-0.39, 0.29) is 11.7 Å². The largest absolute Gasteiger partial charge is 0.402 e. The Morgan fingerprint density at radius 3 is 2.94 bits per heavy atom. The molecule has 0 aliphatic heterocycles. The molecule has 88 valence electrons. The second-order valence-electron chi connectivity index (χ2n) is 3.34. The maximum Gasteiger partial charge on any atom is 0.142 e. The van der Waals surface area contributed by atoms with Crippen molar-refractivity contribution in [3.05, 3.63) is 41.9 Å². The highest BCUT2D eigenvalue weighted by atomic mass is 19.1. The molecule has 7 N–H and O–H groups in total. The number of pyridine rings is 1. The molecule has 17 heavy (non-hydrogen) atoms. The van der Waals surface area contributed by atoms with Gasteiger partial charge in [0.15, 0.2) is 0 Å². The van der Waals surface area contributed by atoms with Crippen molar-refractivity contribution in [1.29, 1.82) is 0 Å². The van der Waals surface area contributed by atoms with Crippen molar-refractivity contribution in [3.63, 3.8) is 0 Å². The fraction of sp³-hybridized carbons (Fsp3) is 0. The van der Waals surface area contributed by atoms with Gasteiger partial charge in [-0.2, -0.15) is 0 Å². The maximum atomic E-state index is 13.1. The van der Waals surface area contributed by atoms with Gasteiger partial charge in [0.1, 0.15) is 23.1 Å². The number of nitrogens with two attached hydrogens (primary N) is 3. The second-order valence-corrected chi connectivity index (χ2v) is 3.34.